The maximum absolute atomic E-state index is 11.8. The van der Waals surface area contributed by atoms with Crippen molar-refractivity contribution in [2.45, 2.75) is 6.36 Å². The molecule has 0 fully saturated rings. The molecule has 0 bridgehead atoms. The summed E-state index contributed by atoms with van der Waals surface area (Å²) < 4.78 is 38.9. The number of pyridine rings is 1. The summed E-state index contributed by atoms with van der Waals surface area (Å²) >= 11 is 5.33. The van der Waals surface area contributed by atoms with Crippen molar-refractivity contribution in [3.8, 4) is 5.75 Å². The number of rotatable bonds is 2. The predicted molar refractivity (Wildman–Crippen MR) is 42.9 cm³/mol. The highest BCUT2D eigenvalue weighted by Crippen LogP contribution is 2.29. The molecule has 1 N–H and O–H groups in total. The highest BCUT2D eigenvalue weighted by Gasteiger charge is 2.32. The minimum Gasteiger partial charge on any atom is -0.477 e. The Morgan fingerprint density at radius 1 is 1.53 bits per heavy atom. The van der Waals surface area contributed by atoms with Crippen LogP contribution in [-0.4, -0.2) is 22.4 Å². The predicted octanol–water partition coefficient (Wildman–Crippen LogP) is 2.33. The maximum Gasteiger partial charge on any atom is 0.573 e. The van der Waals surface area contributed by atoms with E-state index in [0.29, 0.717) is 6.07 Å². The molecule has 1 rings (SSSR count). The van der Waals surface area contributed by atoms with Crippen LogP contribution in [0.15, 0.2) is 12.3 Å². The zero-order chi connectivity index (χ0) is 11.6. The molecule has 0 saturated carbocycles. The summed E-state index contributed by atoms with van der Waals surface area (Å²) in [5.41, 5.74) is -0.585. The summed E-state index contributed by atoms with van der Waals surface area (Å²) in [6.07, 6.45) is -4.16. The molecule has 0 saturated heterocycles. The fourth-order valence-corrected chi connectivity index (χ4v) is 0.882. The average Bonchev–Trinajstić information content (AvgIpc) is 2.06. The van der Waals surface area contributed by atoms with Gasteiger partial charge in [0.1, 0.15) is 5.02 Å². The maximum atomic E-state index is 11.8. The van der Waals surface area contributed by atoms with Gasteiger partial charge >= 0.3 is 12.3 Å². The van der Waals surface area contributed by atoms with E-state index in [2.05, 4.69) is 9.72 Å². The number of alkyl halides is 3. The van der Waals surface area contributed by atoms with E-state index < -0.39 is 28.8 Å². The first-order valence-electron chi connectivity index (χ1n) is 3.44. The van der Waals surface area contributed by atoms with Crippen molar-refractivity contribution >= 4 is 17.6 Å². The van der Waals surface area contributed by atoms with Crippen molar-refractivity contribution in [2.75, 3.05) is 0 Å². The Morgan fingerprint density at radius 3 is 2.60 bits per heavy atom. The molecule has 0 atom stereocenters. The Hall–Kier alpha value is -1.50. The van der Waals surface area contributed by atoms with Crippen molar-refractivity contribution in [1.82, 2.24) is 4.98 Å². The van der Waals surface area contributed by atoms with Crippen LogP contribution < -0.4 is 4.74 Å². The third-order valence-electron chi connectivity index (χ3n) is 1.26. The minimum atomic E-state index is -4.93. The zero-order valence-corrected chi connectivity index (χ0v) is 7.63. The number of ether oxygens (including phenoxy) is 1. The van der Waals surface area contributed by atoms with Crippen LogP contribution in [0.1, 0.15) is 10.5 Å². The van der Waals surface area contributed by atoms with E-state index in [-0.39, 0.29) is 0 Å². The van der Waals surface area contributed by atoms with E-state index in [1.165, 1.54) is 0 Å². The van der Waals surface area contributed by atoms with E-state index in [4.69, 9.17) is 16.7 Å². The molecule has 8 heteroatoms. The number of aromatic nitrogens is 1. The first-order chi connectivity index (χ1) is 6.79. The zero-order valence-electron chi connectivity index (χ0n) is 6.88. The molecule has 0 spiro atoms. The van der Waals surface area contributed by atoms with Crippen LogP contribution in [0.4, 0.5) is 13.2 Å². The summed E-state index contributed by atoms with van der Waals surface area (Å²) in [5, 5.41) is 8.04. The Kier molecular flexibility index (Phi) is 3.04. The Bertz CT molecular complexity index is 394. The highest BCUT2D eigenvalue weighted by molar-refractivity contribution is 6.32. The van der Waals surface area contributed by atoms with Gasteiger partial charge in [0.25, 0.3) is 0 Å². The summed E-state index contributed by atoms with van der Waals surface area (Å²) in [7, 11) is 0. The van der Waals surface area contributed by atoms with Gasteiger partial charge in [0, 0.05) is 6.07 Å². The van der Waals surface area contributed by atoms with Gasteiger partial charge in [-0.15, -0.1) is 13.2 Å². The second-order valence-electron chi connectivity index (χ2n) is 2.35. The van der Waals surface area contributed by atoms with Crippen molar-refractivity contribution in [1.29, 1.82) is 0 Å². The number of carboxylic acid groups (broad SMARTS) is 1. The number of carbonyl (C=O) groups is 1. The minimum absolute atomic E-state index is 0.419. The van der Waals surface area contributed by atoms with Crippen LogP contribution in [0.5, 0.6) is 5.75 Å². The summed E-state index contributed by atoms with van der Waals surface area (Å²) in [4.78, 5) is 13.7. The van der Waals surface area contributed by atoms with Gasteiger partial charge in [0.15, 0.2) is 11.4 Å². The van der Waals surface area contributed by atoms with Gasteiger partial charge in [-0.05, 0) is 0 Å². The van der Waals surface area contributed by atoms with E-state index in [1.807, 2.05) is 0 Å². The average molecular weight is 242 g/mol. The van der Waals surface area contributed by atoms with Gasteiger partial charge in [0.2, 0.25) is 0 Å². The van der Waals surface area contributed by atoms with Crippen LogP contribution in [0, 0.1) is 0 Å². The standard InChI is InChI=1S/C7H3ClF3NO3/c8-3-2-12-4(6(13)14)1-5(3)15-7(9,10)11/h1-2H,(H,13,14). The lowest BCUT2D eigenvalue weighted by Gasteiger charge is -2.10. The molecule has 82 valence electrons. The molecule has 0 radical (unpaired) electrons. The lowest BCUT2D eigenvalue weighted by molar-refractivity contribution is -0.274. The second-order valence-corrected chi connectivity index (χ2v) is 2.76. The van der Waals surface area contributed by atoms with Gasteiger partial charge in [0.05, 0.1) is 6.20 Å². The van der Waals surface area contributed by atoms with Gasteiger partial charge in [-0.1, -0.05) is 11.6 Å². The van der Waals surface area contributed by atoms with E-state index in [9.17, 15) is 18.0 Å². The molecular formula is C7H3ClF3NO3. The van der Waals surface area contributed by atoms with Crippen LogP contribution >= 0.6 is 11.6 Å². The normalized spacial score (nSPS) is 11.2. The fraction of sp³-hybridized carbons (Fsp3) is 0.143. The monoisotopic (exact) mass is 241 g/mol. The van der Waals surface area contributed by atoms with Gasteiger partial charge < -0.3 is 9.84 Å². The fourth-order valence-electron chi connectivity index (χ4n) is 0.740. The third kappa shape index (κ3) is 3.28. The van der Waals surface area contributed by atoms with Crippen molar-refractivity contribution in [2.24, 2.45) is 0 Å². The molecule has 1 aromatic heterocycles. The third-order valence-corrected chi connectivity index (χ3v) is 1.55. The lowest BCUT2D eigenvalue weighted by Crippen LogP contribution is -2.18. The first kappa shape index (κ1) is 11.6. The Labute approximate surface area is 86.3 Å². The number of halogens is 4. The molecular weight excluding hydrogens is 239 g/mol. The molecule has 4 nitrogen and oxygen atoms in total. The van der Waals surface area contributed by atoms with Crippen LogP contribution in [-0.2, 0) is 0 Å². The van der Waals surface area contributed by atoms with E-state index in [1.54, 1.807) is 0 Å². The quantitative estimate of drug-likeness (QED) is 0.863. The van der Waals surface area contributed by atoms with Crippen molar-refractivity contribution in [3.05, 3.63) is 23.0 Å². The second kappa shape index (κ2) is 3.93. The molecule has 1 aromatic rings. The van der Waals surface area contributed by atoms with Gasteiger partial charge in [-0.3, -0.25) is 0 Å². The van der Waals surface area contributed by atoms with E-state index >= 15 is 0 Å². The summed E-state index contributed by atoms with van der Waals surface area (Å²) in [6.45, 7) is 0. The van der Waals surface area contributed by atoms with Crippen molar-refractivity contribution in [3.63, 3.8) is 0 Å². The number of hydrogen-bond donors (Lipinski definition) is 1. The molecule has 0 unspecified atom stereocenters. The molecule has 0 aromatic carbocycles. The topological polar surface area (TPSA) is 59.4 Å². The largest absolute Gasteiger partial charge is 0.573 e. The Balaban J connectivity index is 3.06. The molecule has 0 amide bonds. The Morgan fingerprint density at radius 2 is 2.13 bits per heavy atom. The van der Waals surface area contributed by atoms with Crippen molar-refractivity contribution < 1.29 is 27.8 Å². The summed E-state index contributed by atoms with van der Waals surface area (Å²) in [5.74, 6) is -2.27. The molecule has 0 aliphatic rings. The smallest absolute Gasteiger partial charge is 0.477 e. The van der Waals surface area contributed by atoms with Crippen LogP contribution in [0.3, 0.4) is 0 Å². The number of nitrogens with zero attached hydrogens (tertiary/aromatic N) is 1. The molecule has 1 heterocycles. The SMILES string of the molecule is O=C(O)c1cc(OC(F)(F)F)c(Cl)cn1. The van der Waals surface area contributed by atoms with Gasteiger partial charge in [-0.25, -0.2) is 9.78 Å². The van der Waals surface area contributed by atoms with Gasteiger partial charge in [-0.2, -0.15) is 0 Å². The number of hydrogen-bond acceptors (Lipinski definition) is 3. The molecule has 0 aliphatic heterocycles. The highest BCUT2D eigenvalue weighted by atomic mass is 35.5. The van der Waals surface area contributed by atoms with Crippen LogP contribution in [0.25, 0.3) is 0 Å². The molecule has 0 aliphatic carbocycles. The number of carboxylic acids is 1. The summed E-state index contributed by atoms with van der Waals surface area (Å²) in [6, 6.07) is 0.595. The van der Waals surface area contributed by atoms with Crippen LogP contribution in [0.2, 0.25) is 5.02 Å². The lowest BCUT2D eigenvalue weighted by atomic mass is 10.3. The first-order valence-corrected chi connectivity index (χ1v) is 3.82. The number of aromatic carboxylic acids is 1. The molecule has 15 heavy (non-hydrogen) atoms. The van der Waals surface area contributed by atoms with E-state index in [0.717, 1.165) is 6.20 Å².